The van der Waals surface area contributed by atoms with Gasteiger partial charge in [0.1, 0.15) is 5.58 Å². The van der Waals surface area contributed by atoms with E-state index in [1.165, 1.54) is 0 Å². The standard InChI is InChI=1S/C17H22N2O4S/c1-11-8-19(9-12(2)18-11)17(20)16-14(10-24(3,21)22)13-6-4-5-7-15(13)23-16/h4-7,11-12,18H,8-10H2,1-3H3/t11-,12+. The maximum atomic E-state index is 13.0. The first kappa shape index (κ1) is 17.0. The van der Waals surface area contributed by atoms with Crippen LogP contribution in [0.5, 0.6) is 0 Å². The van der Waals surface area contributed by atoms with E-state index in [1.807, 2.05) is 19.9 Å². The number of furan rings is 1. The summed E-state index contributed by atoms with van der Waals surface area (Å²) in [7, 11) is -3.29. The number of rotatable bonds is 3. The van der Waals surface area contributed by atoms with Crippen LogP contribution in [-0.4, -0.2) is 50.7 Å². The molecule has 0 bridgehead atoms. The average molecular weight is 350 g/mol. The summed E-state index contributed by atoms with van der Waals surface area (Å²) in [5.41, 5.74) is 0.993. The molecule has 0 spiro atoms. The van der Waals surface area contributed by atoms with E-state index in [2.05, 4.69) is 5.32 Å². The summed E-state index contributed by atoms with van der Waals surface area (Å²) in [6.45, 7) is 5.18. The van der Waals surface area contributed by atoms with Gasteiger partial charge in [0.2, 0.25) is 0 Å². The highest BCUT2D eigenvalue weighted by Crippen LogP contribution is 2.29. The molecule has 0 saturated carbocycles. The molecule has 130 valence electrons. The van der Waals surface area contributed by atoms with Crippen LogP contribution in [0.4, 0.5) is 0 Å². The summed E-state index contributed by atoms with van der Waals surface area (Å²) in [6, 6.07) is 7.52. The second-order valence-electron chi connectivity index (χ2n) is 6.65. The topological polar surface area (TPSA) is 79.6 Å². The number of nitrogens with one attached hydrogen (secondary N) is 1. The number of piperazine rings is 1. The molecule has 1 amide bonds. The molecule has 2 heterocycles. The third-order valence-electron chi connectivity index (χ3n) is 4.14. The van der Waals surface area contributed by atoms with Gasteiger partial charge in [0.05, 0.1) is 5.75 Å². The van der Waals surface area contributed by atoms with Crippen LogP contribution in [0.15, 0.2) is 28.7 Å². The zero-order valence-electron chi connectivity index (χ0n) is 14.1. The molecule has 1 fully saturated rings. The van der Waals surface area contributed by atoms with Gasteiger partial charge in [-0.05, 0) is 19.9 Å². The van der Waals surface area contributed by atoms with E-state index < -0.39 is 9.84 Å². The minimum absolute atomic E-state index is 0.142. The van der Waals surface area contributed by atoms with Crippen molar-refractivity contribution in [3.8, 4) is 0 Å². The van der Waals surface area contributed by atoms with E-state index in [0.717, 1.165) is 6.26 Å². The van der Waals surface area contributed by atoms with Gasteiger partial charge in [-0.15, -0.1) is 0 Å². The normalized spacial score (nSPS) is 22.0. The number of benzene rings is 1. The van der Waals surface area contributed by atoms with Gasteiger partial charge < -0.3 is 14.6 Å². The second-order valence-corrected chi connectivity index (χ2v) is 8.80. The van der Waals surface area contributed by atoms with Crippen molar-refractivity contribution >= 4 is 26.7 Å². The van der Waals surface area contributed by atoms with Gasteiger partial charge in [0, 0.05) is 42.4 Å². The highest BCUT2D eigenvalue weighted by molar-refractivity contribution is 7.89. The fraction of sp³-hybridized carbons (Fsp3) is 0.471. The largest absolute Gasteiger partial charge is 0.451 e. The molecule has 1 aliphatic heterocycles. The van der Waals surface area contributed by atoms with E-state index in [-0.39, 0.29) is 29.5 Å². The smallest absolute Gasteiger partial charge is 0.290 e. The average Bonchev–Trinajstić information content (AvgIpc) is 2.82. The number of carbonyl (C=O) groups is 1. The third-order valence-corrected chi connectivity index (χ3v) is 4.96. The second kappa shape index (κ2) is 6.22. The number of nitrogens with zero attached hydrogens (tertiary/aromatic N) is 1. The van der Waals surface area contributed by atoms with Gasteiger partial charge in [0.15, 0.2) is 15.6 Å². The van der Waals surface area contributed by atoms with Crippen LogP contribution in [0.3, 0.4) is 0 Å². The molecular formula is C17H22N2O4S. The zero-order chi connectivity index (χ0) is 17.5. The minimum atomic E-state index is -3.29. The van der Waals surface area contributed by atoms with Crippen molar-refractivity contribution in [3.05, 3.63) is 35.6 Å². The van der Waals surface area contributed by atoms with Gasteiger partial charge in [0.25, 0.3) is 5.91 Å². The van der Waals surface area contributed by atoms with Gasteiger partial charge in [-0.2, -0.15) is 0 Å². The molecule has 2 atom stereocenters. The molecule has 1 saturated heterocycles. The molecular weight excluding hydrogens is 328 g/mol. The SMILES string of the molecule is C[C@@H]1CN(C(=O)c2oc3ccccc3c2CS(C)(=O)=O)C[C@H](C)N1. The summed E-state index contributed by atoms with van der Waals surface area (Å²) >= 11 is 0. The van der Waals surface area contributed by atoms with Gasteiger partial charge in [-0.25, -0.2) is 8.42 Å². The predicted molar refractivity (Wildman–Crippen MR) is 92.7 cm³/mol. The molecule has 1 N–H and O–H groups in total. The molecule has 1 aliphatic rings. The molecule has 0 unspecified atom stereocenters. The Morgan fingerprint density at radius 2 is 1.88 bits per heavy atom. The first-order valence-corrected chi connectivity index (χ1v) is 10.0. The predicted octanol–water partition coefficient (Wildman–Crippen LogP) is 1.80. The molecule has 2 aromatic rings. The summed E-state index contributed by atoms with van der Waals surface area (Å²) in [5.74, 6) is -0.310. The molecule has 0 radical (unpaired) electrons. The first-order chi connectivity index (χ1) is 11.2. The molecule has 1 aromatic carbocycles. The Hall–Kier alpha value is -1.86. The number of fused-ring (bicyclic) bond motifs is 1. The lowest BCUT2D eigenvalue weighted by molar-refractivity contribution is 0.0643. The Morgan fingerprint density at radius 1 is 1.25 bits per heavy atom. The van der Waals surface area contributed by atoms with E-state index in [4.69, 9.17) is 4.42 Å². The van der Waals surface area contributed by atoms with Crippen LogP contribution in [0.1, 0.15) is 30.0 Å². The third kappa shape index (κ3) is 3.47. The summed E-state index contributed by atoms with van der Waals surface area (Å²) in [5, 5.41) is 4.06. The maximum Gasteiger partial charge on any atom is 0.290 e. The van der Waals surface area contributed by atoms with Crippen molar-refractivity contribution in [1.82, 2.24) is 10.2 Å². The number of carbonyl (C=O) groups excluding carboxylic acids is 1. The van der Waals surface area contributed by atoms with E-state index in [1.54, 1.807) is 23.1 Å². The summed E-state index contributed by atoms with van der Waals surface area (Å²) < 4.78 is 29.4. The number of hydrogen-bond acceptors (Lipinski definition) is 5. The molecule has 0 aliphatic carbocycles. The molecule has 6 nitrogen and oxygen atoms in total. The number of hydrogen-bond donors (Lipinski definition) is 1. The first-order valence-electron chi connectivity index (χ1n) is 7.98. The van der Waals surface area contributed by atoms with E-state index in [0.29, 0.717) is 29.6 Å². The zero-order valence-corrected chi connectivity index (χ0v) is 14.9. The van der Waals surface area contributed by atoms with Crippen molar-refractivity contribution in [1.29, 1.82) is 0 Å². The Labute approximate surface area is 141 Å². The van der Waals surface area contributed by atoms with Crippen LogP contribution in [-0.2, 0) is 15.6 Å². The van der Waals surface area contributed by atoms with Crippen LogP contribution in [0.25, 0.3) is 11.0 Å². The fourth-order valence-electron chi connectivity index (χ4n) is 3.31. The van der Waals surface area contributed by atoms with Gasteiger partial charge in [-0.1, -0.05) is 18.2 Å². The van der Waals surface area contributed by atoms with Crippen molar-refractivity contribution in [2.75, 3.05) is 19.3 Å². The van der Waals surface area contributed by atoms with Crippen molar-refractivity contribution < 1.29 is 17.6 Å². The Bertz CT molecular complexity index is 862. The van der Waals surface area contributed by atoms with Crippen LogP contribution < -0.4 is 5.32 Å². The van der Waals surface area contributed by atoms with E-state index >= 15 is 0 Å². The fourth-order valence-corrected chi connectivity index (χ4v) is 4.12. The minimum Gasteiger partial charge on any atom is -0.451 e. The molecule has 3 rings (SSSR count). The van der Waals surface area contributed by atoms with E-state index in [9.17, 15) is 13.2 Å². The summed E-state index contributed by atoms with van der Waals surface area (Å²) in [4.78, 5) is 14.7. The Balaban J connectivity index is 2.04. The quantitative estimate of drug-likeness (QED) is 0.913. The van der Waals surface area contributed by atoms with Crippen LogP contribution in [0, 0.1) is 0 Å². The monoisotopic (exact) mass is 350 g/mol. The number of sulfone groups is 1. The van der Waals surface area contributed by atoms with Crippen molar-refractivity contribution in [2.45, 2.75) is 31.7 Å². The van der Waals surface area contributed by atoms with Gasteiger partial charge >= 0.3 is 0 Å². The Kier molecular flexibility index (Phi) is 4.40. The number of para-hydroxylation sites is 1. The highest BCUT2D eigenvalue weighted by atomic mass is 32.2. The lowest BCUT2D eigenvalue weighted by Crippen LogP contribution is -2.55. The molecule has 24 heavy (non-hydrogen) atoms. The van der Waals surface area contributed by atoms with Gasteiger partial charge in [-0.3, -0.25) is 4.79 Å². The van der Waals surface area contributed by atoms with Crippen LogP contribution >= 0.6 is 0 Å². The Morgan fingerprint density at radius 3 is 2.50 bits per heavy atom. The maximum absolute atomic E-state index is 13.0. The van der Waals surface area contributed by atoms with Crippen LogP contribution in [0.2, 0.25) is 0 Å². The molecule has 1 aromatic heterocycles. The highest BCUT2D eigenvalue weighted by Gasteiger charge is 2.31. The van der Waals surface area contributed by atoms with Crippen molar-refractivity contribution in [3.63, 3.8) is 0 Å². The number of amides is 1. The lowest BCUT2D eigenvalue weighted by Gasteiger charge is -2.35. The lowest BCUT2D eigenvalue weighted by atomic mass is 10.1. The molecule has 7 heteroatoms. The van der Waals surface area contributed by atoms with Crippen molar-refractivity contribution in [2.24, 2.45) is 0 Å². The summed E-state index contributed by atoms with van der Waals surface area (Å²) in [6.07, 6.45) is 1.16.